The van der Waals surface area contributed by atoms with Crippen LogP contribution in [0.15, 0.2) is 0 Å². The first kappa shape index (κ1) is 10.5. The van der Waals surface area contributed by atoms with E-state index >= 15 is 0 Å². The number of ether oxygens (including phenoxy) is 2. The average molecular weight is 189 g/mol. The molecule has 0 rings (SSSR count). The quantitative estimate of drug-likeness (QED) is 0.633. The van der Waals surface area contributed by atoms with E-state index in [9.17, 15) is 4.79 Å². The van der Waals surface area contributed by atoms with Crippen LogP contribution in [-0.4, -0.2) is 26.8 Å². The van der Waals surface area contributed by atoms with Crippen LogP contribution in [-0.2, 0) is 14.3 Å². The topological polar surface area (TPSA) is 35.5 Å². The molecule has 0 saturated carbocycles. The second-order valence-electron chi connectivity index (χ2n) is 4.19. The molecule has 0 spiro atoms. The van der Waals surface area contributed by atoms with Gasteiger partial charge in [-0.3, -0.25) is 4.79 Å². The van der Waals surface area contributed by atoms with Crippen LogP contribution >= 0.6 is 0 Å². The highest BCUT2D eigenvalue weighted by Crippen LogP contribution is 2.39. The van der Waals surface area contributed by atoms with E-state index in [4.69, 9.17) is 10.8 Å². The van der Waals surface area contributed by atoms with E-state index in [1.54, 1.807) is 13.8 Å². The molecule has 0 aliphatic heterocycles. The molecule has 0 aromatic carbocycles. The second-order valence-corrected chi connectivity index (χ2v) is 4.19. The Balaban J connectivity index is 4.95. The van der Waals surface area contributed by atoms with Crippen molar-refractivity contribution in [1.29, 1.82) is 0 Å². The van der Waals surface area contributed by atoms with Crippen LogP contribution in [0, 0.1) is 10.8 Å². The normalized spacial score (nSPS) is 16.3. The molecule has 0 bridgehead atoms. The number of carbonyl (C=O) groups is 1. The number of hydrogen-bond acceptors (Lipinski definition) is 3. The third-order valence-corrected chi connectivity index (χ3v) is 2.72. The number of rotatable bonds is 4. The van der Waals surface area contributed by atoms with Crippen LogP contribution in [0.1, 0.15) is 29.1 Å². The Bertz CT molecular complexity index is 211. The Morgan fingerprint density at radius 2 is 1.77 bits per heavy atom. The lowest BCUT2D eigenvalue weighted by molar-refractivity contribution is -0.160. The molecule has 0 saturated heterocycles. The van der Waals surface area contributed by atoms with E-state index in [2.05, 4.69) is 0 Å². The fourth-order valence-electron chi connectivity index (χ4n) is 0.960. The summed E-state index contributed by atoms with van der Waals surface area (Å²) in [6.45, 7) is 6.42. The van der Waals surface area contributed by atoms with Crippen LogP contribution < -0.4 is 0 Å². The highest BCUT2D eigenvalue weighted by atomic mass is 16.5. The van der Waals surface area contributed by atoms with Crippen LogP contribution in [0.25, 0.3) is 0 Å². The molecular weight excluding hydrogens is 168 g/mol. The van der Waals surface area contributed by atoms with Gasteiger partial charge in [0.25, 0.3) is 0 Å². The first-order valence-corrected chi connectivity index (χ1v) is 4.25. The van der Waals surface area contributed by atoms with E-state index in [1.807, 2.05) is 13.8 Å². The number of esters is 1. The van der Waals surface area contributed by atoms with E-state index < -0.39 is 17.4 Å². The molecule has 0 aliphatic rings. The maximum absolute atomic E-state index is 11.5. The van der Waals surface area contributed by atoms with E-state index in [1.165, 1.54) is 14.2 Å². The fraction of sp³-hybridized carbons (Fsp3) is 0.900. The third kappa shape index (κ3) is 2.44. The first-order chi connectivity index (χ1) is 6.21. The smallest absolute Gasteiger partial charge is 0.311 e. The molecule has 0 heterocycles. The Morgan fingerprint density at radius 3 is 2.08 bits per heavy atom. The molecule has 3 heteroatoms. The Morgan fingerprint density at radius 1 is 1.31 bits per heavy atom. The van der Waals surface area contributed by atoms with Crippen molar-refractivity contribution >= 4 is 5.97 Å². The molecule has 78 valence electrons. The third-order valence-electron chi connectivity index (χ3n) is 2.72. The van der Waals surface area contributed by atoms with Crippen LogP contribution in [0.5, 0.6) is 0 Å². The van der Waals surface area contributed by atoms with Crippen molar-refractivity contribution < 1.29 is 15.6 Å². The van der Waals surface area contributed by atoms with Crippen molar-refractivity contribution in [2.24, 2.45) is 10.8 Å². The lowest BCUT2D eigenvalue weighted by Gasteiger charge is -2.38. The summed E-state index contributed by atoms with van der Waals surface area (Å²) in [6, 6.07) is 0. The maximum Gasteiger partial charge on any atom is 0.311 e. The molecule has 0 fully saturated rings. The molecule has 0 aromatic rings. The number of methoxy groups -OCH3 is 2. The Hall–Kier alpha value is -0.570. The van der Waals surface area contributed by atoms with Gasteiger partial charge in [0.2, 0.25) is 0 Å². The zero-order valence-corrected chi connectivity index (χ0v) is 9.30. The van der Waals surface area contributed by atoms with Gasteiger partial charge in [0, 0.05) is 12.5 Å². The van der Waals surface area contributed by atoms with Crippen LogP contribution in [0.3, 0.4) is 0 Å². The standard InChI is InChI=1S/C10H20O3/c1-9(2,7-12-5)10(3,4)8(11)13-6/h7H2,1-6H3/i7D. The monoisotopic (exact) mass is 189 g/mol. The van der Waals surface area contributed by atoms with Crippen molar-refractivity contribution in [3.63, 3.8) is 0 Å². The summed E-state index contributed by atoms with van der Waals surface area (Å²) >= 11 is 0. The van der Waals surface area contributed by atoms with Gasteiger partial charge in [0.1, 0.15) is 0 Å². The van der Waals surface area contributed by atoms with E-state index in [-0.39, 0.29) is 5.97 Å². The minimum absolute atomic E-state index is 0.322. The van der Waals surface area contributed by atoms with Gasteiger partial charge in [-0.1, -0.05) is 13.8 Å². The van der Waals surface area contributed by atoms with Crippen LogP contribution in [0.4, 0.5) is 0 Å². The molecular formula is C10H20O3. The molecule has 0 N–H and O–H groups in total. The Kier molecular flexibility index (Phi) is 3.31. The lowest BCUT2D eigenvalue weighted by Crippen LogP contribution is -2.43. The van der Waals surface area contributed by atoms with Crippen molar-refractivity contribution in [3.05, 3.63) is 0 Å². The minimum Gasteiger partial charge on any atom is -0.469 e. The summed E-state index contributed by atoms with van der Waals surface area (Å²) in [6.07, 6.45) is 0. The molecule has 0 aromatic heterocycles. The zero-order chi connectivity index (χ0) is 11.6. The van der Waals surface area contributed by atoms with Gasteiger partial charge in [0.05, 0.1) is 20.5 Å². The van der Waals surface area contributed by atoms with E-state index in [0.717, 1.165) is 0 Å². The average Bonchev–Trinajstić information content (AvgIpc) is 2.14. The van der Waals surface area contributed by atoms with Gasteiger partial charge in [-0.05, 0) is 13.8 Å². The summed E-state index contributed by atoms with van der Waals surface area (Å²) in [5.41, 5.74) is -1.35. The maximum atomic E-state index is 11.5. The van der Waals surface area contributed by atoms with E-state index in [0.29, 0.717) is 0 Å². The fourth-order valence-corrected chi connectivity index (χ4v) is 0.960. The van der Waals surface area contributed by atoms with Crippen molar-refractivity contribution in [1.82, 2.24) is 0 Å². The van der Waals surface area contributed by atoms with Gasteiger partial charge >= 0.3 is 5.97 Å². The molecule has 1 atom stereocenters. The van der Waals surface area contributed by atoms with Gasteiger partial charge in [-0.25, -0.2) is 0 Å². The largest absolute Gasteiger partial charge is 0.469 e. The predicted molar refractivity (Wildman–Crippen MR) is 51.5 cm³/mol. The van der Waals surface area contributed by atoms with Crippen molar-refractivity contribution in [3.8, 4) is 0 Å². The molecule has 3 nitrogen and oxygen atoms in total. The molecule has 0 amide bonds. The second kappa shape index (κ2) is 4.09. The summed E-state index contributed by atoms with van der Waals surface area (Å²) in [4.78, 5) is 11.5. The van der Waals surface area contributed by atoms with Gasteiger partial charge < -0.3 is 9.47 Å². The summed E-state index contributed by atoms with van der Waals surface area (Å²) in [7, 11) is 2.82. The zero-order valence-electron chi connectivity index (χ0n) is 10.3. The van der Waals surface area contributed by atoms with Gasteiger partial charge in [-0.15, -0.1) is 0 Å². The lowest BCUT2D eigenvalue weighted by atomic mass is 9.68. The van der Waals surface area contributed by atoms with Crippen molar-refractivity contribution in [2.45, 2.75) is 27.7 Å². The highest BCUT2D eigenvalue weighted by molar-refractivity contribution is 5.76. The molecule has 13 heavy (non-hydrogen) atoms. The number of carbonyl (C=O) groups excluding carboxylic acids is 1. The summed E-state index contributed by atoms with van der Waals surface area (Å²) in [5.74, 6) is -0.322. The molecule has 0 aliphatic carbocycles. The van der Waals surface area contributed by atoms with Crippen LogP contribution in [0.2, 0.25) is 0 Å². The Labute approximate surface area is 81.8 Å². The van der Waals surface area contributed by atoms with Crippen molar-refractivity contribution in [2.75, 3.05) is 20.8 Å². The molecule has 1 unspecified atom stereocenters. The first-order valence-electron chi connectivity index (χ1n) is 4.83. The summed E-state index contributed by atoms with van der Waals surface area (Å²) in [5, 5.41) is 0. The SMILES string of the molecule is [2H]C(OC)C(C)(C)C(C)(C)C(=O)OC. The van der Waals surface area contributed by atoms with Gasteiger partial charge in [-0.2, -0.15) is 0 Å². The summed E-state index contributed by atoms with van der Waals surface area (Å²) < 4.78 is 17.4. The van der Waals surface area contributed by atoms with Gasteiger partial charge in [0.15, 0.2) is 0 Å². The number of hydrogen-bond donors (Lipinski definition) is 0. The predicted octanol–water partition coefficient (Wildman–Crippen LogP) is 1.86. The molecule has 0 radical (unpaired) electrons. The minimum atomic E-state index is -0.753. The highest BCUT2D eigenvalue weighted by Gasteiger charge is 2.44.